The maximum Gasteiger partial charge on any atom is 0.141 e. The van der Waals surface area contributed by atoms with Crippen molar-refractivity contribution in [3.05, 3.63) is 53.6 Å². The van der Waals surface area contributed by atoms with Gasteiger partial charge in [0, 0.05) is 12.4 Å². The standard InChI is InChI=1S/C11H12FN5/c1-7-3-16-10(6-15-7)11(17-13)8-2-9(12)5-14-4-8/h2-6,11,17H,13H2,1H3. The van der Waals surface area contributed by atoms with Crippen molar-refractivity contribution in [3.63, 3.8) is 0 Å². The first-order valence-electron chi connectivity index (χ1n) is 5.06. The van der Waals surface area contributed by atoms with Crippen molar-refractivity contribution in [2.75, 3.05) is 0 Å². The van der Waals surface area contributed by atoms with E-state index < -0.39 is 11.9 Å². The molecular weight excluding hydrogens is 221 g/mol. The molecule has 0 saturated heterocycles. The third-order valence-corrected chi connectivity index (χ3v) is 2.32. The van der Waals surface area contributed by atoms with Gasteiger partial charge in [0.25, 0.3) is 0 Å². The van der Waals surface area contributed by atoms with E-state index >= 15 is 0 Å². The minimum absolute atomic E-state index is 0.414. The summed E-state index contributed by atoms with van der Waals surface area (Å²) in [5, 5.41) is 0. The van der Waals surface area contributed by atoms with Crippen molar-refractivity contribution < 1.29 is 4.39 Å². The number of halogens is 1. The van der Waals surface area contributed by atoms with E-state index in [1.165, 1.54) is 12.3 Å². The molecule has 0 saturated carbocycles. The summed E-state index contributed by atoms with van der Waals surface area (Å²) in [5.41, 5.74) is 4.60. The van der Waals surface area contributed by atoms with Crippen molar-refractivity contribution in [1.29, 1.82) is 0 Å². The Hall–Kier alpha value is -1.92. The number of rotatable bonds is 3. The van der Waals surface area contributed by atoms with E-state index in [0.717, 1.165) is 11.9 Å². The quantitative estimate of drug-likeness (QED) is 0.607. The molecule has 0 aliphatic heterocycles. The van der Waals surface area contributed by atoms with Crippen LogP contribution in [0, 0.1) is 12.7 Å². The molecule has 0 aliphatic carbocycles. The predicted molar refractivity (Wildman–Crippen MR) is 60.1 cm³/mol. The summed E-state index contributed by atoms with van der Waals surface area (Å²) in [5.74, 6) is 5.04. The summed E-state index contributed by atoms with van der Waals surface area (Å²) in [6, 6.07) is 0.935. The highest BCUT2D eigenvalue weighted by Gasteiger charge is 2.15. The van der Waals surface area contributed by atoms with Crippen LogP contribution in [0.3, 0.4) is 0 Å². The highest BCUT2D eigenvalue weighted by atomic mass is 19.1. The van der Waals surface area contributed by atoms with Crippen LogP contribution in [0.1, 0.15) is 23.0 Å². The average Bonchev–Trinajstić information content (AvgIpc) is 2.33. The number of nitrogens with two attached hydrogens (primary N) is 1. The number of hydrazine groups is 1. The number of nitrogens with one attached hydrogen (secondary N) is 1. The first-order valence-corrected chi connectivity index (χ1v) is 5.06. The van der Waals surface area contributed by atoms with E-state index in [1.54, 1.807) is 12.4 Å². The van der Waals surface area contributed by atoms with Crippen molar-refractivity contribution in [2.45, 2.75) is 13.0 Å². The average molecular weight is 233 g/mol. The van der Waals surface area contributed by atoms with Crippen LogP contribution in [0.15, 0.2) is 30.9 Å². The molecule has 1 atom stereocenters. The van der Waals surface area contributed by atoms with Gasteiger partial charge in [-0.2, -0.15) is 0 Å². The Balaban J connectivity index is 2.36. The van der Waals surface area contributed by atoms with Crippen LogP contribution >= 0.6 is 0 Å². The predicted octanol–water partition coefficient (Wildman–Crippen LogP) is 0.872. The second-order valence-electron chi connectivity index (χ2n) is 3.62. The molecule has 88 valence electrons. The summed E-state index contributed by atoms with van der Waals surface area (Å²) in [6.45, 7) is 1.84. The fraction of sp³-hybridized carbons (Fsp3) is 0.182. The van der Waals surface area contributed by atoms with Gasteiger partial charge in [-0.3, -0.25) is 20.8 Å². The van der Waals surface area contributed by atoms with Crippen LogP contribution in [0.4, 0.5) is 4.39 Å². The zero-order chi connectivity index (χ0) is 12.3. The van der Waals surface area contributed by atoms with Gasteiger partial charge in [-0.15, -0.1) is 0 Å². The molecule has 0 spiro atoms. The molecule has 0 fully saturated rings. The van der Waals surface area contributed by atoms with Gasteiger partial charge < -0.3 is 0 Å². The van der Waals surface area contributed by atoms with E-state index in [2.05, 4.69) is 20.4 Å². The molecule has 2 heterocycles. The second-order valence-corrected chi connectivity index (χ2v) is 3.62. The number of pyridine rings is 1. The molecule has 0 aromatic carbocycles. The Morgan fingerprint density at radius 3 is 2.65 bits per heavy atom. The SMILES string of the molecule is Cc1cnc(C(NN)c2cncc(F)c2)cn1. The Morgan fingerprint density at radius 2 is 2.06 bits per heavy atom. The second kappa shape index (κ2) is 4.94. The van der Waals surface area contributed by atoms with Crippen LogP contribution in [0.2, 0.25) is 0 Å². The third kappa shape index (κ3) is 2.61. The van der Waals surface area contributed by atoms with E-state index in [-0.39, 0.29) is 0 Å². The van der Waals surface area contributed by atoms with Gasteiger partial charge in [0.2, 0.25) is 0 Å². The van der Waals surface area contributed by atoms with E-state index in [4.69, 9.17) is 5.84 Å². The van der Waals surface area contributed by atoms with Crippen molar-refractivity contribution in [3.8, 4) is 0 Å². The molecule has 0 amide bonds. The number of aromatic nitrogens is 3. The van der Waals surface area contributed by atoms with Crippen molar-refractivity contribution in [2.24, 2.45) is 5.84 Å². The Bertz CT molecular complexity index is 499. The normalized spacial score (nSPS) is 12.4. The molecule has 0 aliphatic rings. The fourth-order valence-corrected chi connectivity index (χ4v) is 1.49. The summed E-state index contributed by atoms with van der Waals surface area (Å²) in [4.78, 5) is 12.1. The van der Waals surface area contributed by atoms with E-state index in [9.17, 15) is 4.39 Å². The topological polar surface area (TPSA) is 76.7 Å². The van der Waals surface area contributed by atoms with Gasteiger partial charge in [-0.25, -0.2) is 9.82 Å². The lowest BCUT2D eigenvalue weighted by atomic mass is 10.1. The van der Waals surface area contributed by atoms with Gasteiger partial charge in [0.1, 0.15) is 5.82 Å². The molecule has 6 heteroatoms. The van der Waals surface area contributed by atoms with Crippen LogP contribution < -0.4 is 11.3 Å². The van der Waals surface area contributed by atoms with Crippen molar-refractivity contribution in [1.82, 2.24) is 20.4 Å². The van der Waals surface area contributed by atoms with E-state index in [1.807, 2.05) is 6.92 Å². The molecule has 0 bridgehead atoms. The van der Waals surface area contributed by atoms with Crippen LogP contribution in [-0.4, -0.2) is 15.0 Å². The van der Waals surface area contributed by atoms with Crippen LogP contribution in [0.25, 0.3) is 0 Å². The minimum atomic E-state index is -0.425. The largest absolute Gasteiger partial charge is 0.271 e. The number of hydrogen-bond donors (Lipinski definition) is 2. The molecule has 5 nitrogen and oxygen atoms in total. The lowest BCUT2D eigenvalue weighted by Crippen LogP contribution is -2.29. The highest BCUT2D eigenvalue weighted by molar-refractivity contribution is 5.24. The summed E-state index contributed by atoms with van der Waals surface area (Å²) in [6.07, 6.45) is 5.91. The third-order valence-electron chi connectivity index (χ3n) is 2.32. The number of aryl methyl sites for hydroxylation is 1. The molecular formula is C11H12FN5. The Kier molecular flexibility index (Phi) is 3.36. The summed E-state index contributed by atoms with van der Waals surface area (Å²) < 4.78 is 13.1. The number of nitrogens with zero attached hydrogens (tertiary/aromatic N) is 3. The lowest BCUT2D eigenvalue weighted by Gasteiger charge is -2.14. The zero-order valence-corrected chi connectivity index (χ0v) is 9.26. The van der Waals surface area contributed by atoms with Gasteiger partial charge in [0.05, 0.1) is 29.8 Å². The summed E-state index contributed by atoms with van der Waals surface area (Å²) in [7, 11) is 0. The highest BCUT2D eigenvalue weighted by Crippen LogP contribution is 2.18. The first-order chi connectivity index (χ1) is 8.20. The monoisotopic (exact) mass is 233 g/mol. The van der Waals surface area contributed by atoms with Crippen LogP contribution in [0.5, 0.6) is 0 Å². The molecule has 2 aromatic rings. The Morgan fingerprint density at radius 1 is 1.24 bits per heavy atom. The van der Waals surface area contributed by atoms with Gasteiger partial charge in [-0.05, 0) is 18.6 Å². The fourth-order valence-electron chi connectivity index (χ4n) is 1.49. The maximum absolute atomic E-state index is 13.1. The molecule has 2 aromatic heterocycles. The molecule has 0 radical (unpaired) electrons. The maximum atomic E-state index is 13.1. The van der Waals surface area contributed by atoms with Crippen LogP contribution in [-0.2, 0) is 0 Å². The van der Waals surface area contributed by atoms with E-state index in [0.29, 0.717) is 11.3 Å². The first kappa shape index (κ1) is 11.6. The van der Waals surface area contributed by atoms with Crippen molar-refractivity contribution >= 4 is 0 Å². The van der Waals surface area contributed by atoms with Gasteiger partial charge >= 0.3 is 0 Å². The molecule has 2 rings (SSSR count). The molecule has 3 N–H and O–H groups in total. The zero-order valence-electron chi connectivity index (χ0n) is 9.26. The minimum Gasteiger partial charge on any atom is -0.271 e. The number of hydrogen-bond acceptors (Lipinski definition) is 5. The summed E-state index contributed by atoms with van der Waals surface area (Å²) >= 11 is 0. The Labute approximate surface area is 97.9 Å². The molecule has 17 heavy (non-hydrogen) atoms. The van der Waals surface area contributed by atoms with Gasteiger partial charge in [-0.1, -0.05) is 0 Å². The smallest absolute Gasteiger partial charge is 0.141 e. The van der Waals surface area contributed by atoms with Gasteiger partial charge in [0.15, 0.2) is 0 Å². The lowest BCUT2D eigenvalue weighted by molar-refractivity contribution is 0.589. The molecule has 1 unspecified atom stereocenters.